The molecule has 0 bridgehead atoms. The summed E-state index contributed by atoms with van der Waals surface area (Å²) in [6.45, 7) is 7.35. The van der Waals surface area contributed by atoms with Crippen molar-refractivity contribution in [1.82, 2.24) is 5.32 Å². The summed E-state index contributed by atoms with van der Waals surface area (Å²) in [6.07, 6.45) is -1.06. The van der Waals surface area contributed by atoms with Crippen LogP contribution in [0, 0.1) is 19.8 Å². The Kier molecular flexibility index (Phi) is 7.75. The third-order valence-corrected chi connectivity index (χ3v) is 5.16. The van der Waals surface area contributed by atoms with Crippen LogP contribution in [0.5, 0.6) is 0 Å². The second-order valence-corrected chi connectivity index (χ2v) is 7.54. The molecule has 1 atom stereocenters. The molecule has 24 heavy (non-hydrogen) atoms. The fourth-order valence-corrected chi connectivity index (χ4v) is 3.25. The highest BCUT2D eigenvalue weighted by molar-refractivity contribution is 9.10. The van der Waals surface area contributed by atoms with Crippen LogP contribution in [0.25, 0.3) is 0 Å². The van der Waals surface area contributed by atoms with E-state index in [2.05, 4.69) is 15.9 Å². The Morgan fingerprint density at radius 3 is 2.42 bits per heavy atom. The number of primary amides is 1. The number of thioether (sulfide) groups is 1. The quantitative estimate of drug-likeness (QED) is 0.548. The molecule has 0 unspecified atom stereocenters. The molecule has 132 valence electrons. The molecule has 0 aromatic heterocycles. The average Bonchev–Trinajstić information content (AvgIpc) is 2.46. The van der Waals surface area contributed by atoms with Gasteiger partial charge in [0.2, 0.25) is 0 Å². The van der Waals surface area contributed by atoms with Crippen LogP contribution < -0.4 is 11.1 Å². The summed E-state index contributed by atoms with van der Waals surface area (Å²) in [5.41, 5.74) is 7.03. The summed E-state index contributed by atoms with van der Waals surface area (Å²) in [4.78, 5) is 35.6. The number of hydrogen-bond acceptors (Lipinski definition) is 5. The van der Waals surface area contributed by atoms with Gasteiger partial charge in [0.1, 0.15) is 0 Å². The lowest BCUT2D eigenvalue weighted by atomic mass is 10.1. The highest BCUT2D eigenvalue weighted by Crippen LogP contribution is 2.28. The Hall–Kier alpha value is -1.54. The van der Waals surface area contributed by atoms with E-state index in [1.54, 1.807) is 13.8 Å². The van der Waals surface area contributed by atoms with Gasteiger partial charge in [-0.1, -0.05) is 29.8 Å². The number of halogens is 1. The number of aryl methyl sites for hydroxylation is 2. The molecule has 1 rings (SSSR count). The molecule has 0 fully saturated rings. The van der Waals surface area contributed by atoms with Gasteiger partial charge in [-0.15, -0.1) is 11.8 Å². The second-order valence-electron chi connectivity index (χ2n) is 5.66. The minimum atomic E-state index is -1.06. The van der Waals surface area contributed by atoms with Gasteiger partial charge in [0.15, 0.2) is 6.10 Å². The maximum atomic E-state index is 12.0. The van der Waals surface area contributed by atoms with Gasteiger partial charge in [-0.05, 0) is 43.0 Å². The molecule has 6 nitrogen and oxygen atoms in total. The minimum Gasteiger partial charge on any atom is -0.451 e. The number of carbonyl (C=O) groups excluding carboxylic acids is 3. The molecule has 0 saturated heterocycles. The molecule has 3 amide bonds. The van der Waals surface area contributed by atoms with Crippen LogP contribution in [0.4, 0.5) is 4.79 Å². The zero-order chi connectivity index (χ0) is 18.4. The fourth-order valence-electron chi connectivity index (χ4n) is 1.91. The lowest BCUT2D eigenvalue weighted by molar-refractivity contribution is -0.155. The van der Waals surface area contributed by atoms with Gasteiger partial charge in [0.25, 0.3) is 5.91 Å². The maximum Gasteiger partial charge on any atom is 0.318 e. The number of ether oxygens (including phenoxy) is 1. The van der Waals surface area contributed by atoms with Crippen molar-refractivity contribution < 1.29 is 19.1 Å². The van der Waals surface area contributed by atoms with Crippen molar-refractivity contribution in [2.45, 2.75) is 38.7 Å². The number of rotatable bonds is 6. The van der Waals surface area contributed by atoms with Crippen LogP contribution in [0.3, 0.4) is 0 Å². The first kappa shape index (κ1) is 20.5. The van der Waals surface area contributed by atoms with E-state index in [9.17, 15) is 14.4 Å². The van der Waals surface area contributed by atoms with Gasteiger partial charge in [0, 0.05) is 9.37 Å². The van der Waals surface area contributed by atoms with Crippen LogP contribution in [0.1, 0.15) is 25.0 Å². The first-order chi connectivity index (χ1) is 11.1. The molecule has 0 heterocycles. The summed E-state index contributed by atoms with van der Waals surface area (Å²) in [5.74, 6) is -1.46. The predicted octanol–water partition coefficient (Wildman–Crippen LogP) is 2.92. The number of esters is 1. The minimum absolute atomic E-state index is 0.0645. The van der Waals surface area contributed by atoms with Crippen molar-refractivity contribution in [2.24, 2.45) is 11.7 Å². The van der Waals surface area contributed by atoms with E-state index in [1.807, 2.05) is 31.3 Å². The van der Waals surface area contributed by atoms with Gasteiger partial charge in [-0.2, -0.15) is 0 Å². The first-order valence-corrected chi connectivity index (χ1v) is 9.09. The highest BCUT2D eigenvalue weighted by Gasteiger charge is 2.27. The zero-order valence-electron chi connectivity index (χ0n) is 14.0. The smallest absolute Gasteiger partial charge is 0.318 e. The Morgan fingerprint density at radius 2 is 1.88 bits per heavy atom. The van der Waals surface area contributed by atoms with Gasteiger partial charge < -0.3 is 10.5 Å². The van der Waals surface area contributed by atoms with Crippen molar-refractivity contribution >= 4 is 45.6 Å². The van der Waals surface area contributed by atoms with Crippen molar-refractivity contribution in [3.05, 3.63) is 27.7 Å². The van der Waals surface area contributed by atoms with Crippen molar-refractivity contribution in [2.75, 3.05) is 5.75 Å². The zero-order valence-corrected chi connectivity index (χ0v) is 16.4. The van der Waals surface area contributed by atoms with Gasteiger partial charge >= 0.3 is 12.0 Å². The Balaban J connectivity index is 2.68. The molecule has 0 spiro atoms. The predicted molar refractivity (Wildman–Crippen MR) is 96.8 cm³/mol. The molecular formula is C16H21BrN2O4S. The second kappa shape index (κ2) is 9.08. The normalized spacial score (nSPS) is 11.9. The number of nitrogens with two attached hydrogens (primary N) is 1. The van der Waals surface area contributed by atoms with Crippen LogP contribution in [-0.4, -0.2) is 29.8 Å². The molecule has 1 aromatic rings. The van der Waals surface area contributed by atoms with Crippen molar-refractivity contribution in [3.8, 4) is 0 Å². The lowest BCUT2D eigenvalue weighted by Crippen LogP contribution is -2.45. The van der Waals surface area contributed by atoms with Crippen LogP contribution in [-0.2, 0) is 14.3 Å². The molecule has 0 saturated carbocycles. The van der Waals surface area contributed by atoms with E-state index < -0.39 is 24.0 Å². The third-order valence-electron chi connectivity index (χ3n) is 3.17. The van der Waals surface area contributed by atoms with Crippen LogP contribution in [0.15, 0.2) is 21.5 Å². The molecule has 0 radical (unpaired) electrons. The monoisotopic (exact) mass is 416 g/mol. The summed E-state index contributed by atoms with van der Waals surface area (Å²) >= 11 is 4.80. The molecule has 8 heteroatoms. The number of benzene rings is 1. The van der Waals surface area contributed by atoms with E-state index in [4.69, 9.17) is 10.5 Å². The number of nitrogens with one attached hydrogen (secondary N) is 1. The maximum absolute atomic E-state index is 12.0. The molecular weight excluding hydrogens is 396 g/mol. The van der Waals surface area contributed by atoms with Crippen LogP contribution >= 0.6 is 27.7 Å². The Bertz CT molecular complexity index is 649. The summed E-state index contributed by atoms with van der Waals surface area (Å²) in [7, 11) is 0. The number of hydrogen-bond donors (Lipinski definition) is 2. The number of amides is 3. The van der Waals surface area contributed by atoms with E-state index in [0.29, 0.717) is 0 Å². The first-order valence-electron chi connectivity index (χ1n) is 7.31. The van der Waals surface area contributed by atoms with Crippen molar-refractivity contribution in [3.63, 3.8) is 0 Å². The van der Waals surface area contributed by atoms with Crippen LogP contribution in [0.2, 0.25) is 0 Å². The van der Waals surface area contributed by atoms with E-state index in [-0.39, 0.29) is 11.7 Å². The molecule has 1 aromatic carbocycles. The third kappa shape index (κ3) is 6.16. The van der Waals surface area contributed by atoms with Gasteiger partial charge in [-0.25, -0.2) is 4.79 Å². The topological polar surface area (TPSA) is 98.5 Å². The molecule has 3 N–H and O–H groups in total. The molecule has 0 aliphatic carbocycles. The van der Waals surface area contributed by atoms with E-state index in [0.717, 1.165) is 20.5 Å². The van der Waals surface area contributed by atoms with E-state index in [1.165, 1.54) is 11.8 Å². The Labute approximate surface area is 154 Å². The summed E-state index contributed by atoms with van der Waals surface area (Å²) in [5, 5.41) is 1.94. The molecule has 0 aliphatic rings. The summed E-state index contributed by atoms with van der Waals surface area (Å²) < 4.78 is 6.21. The highest BCUT2D eigenvalue weighted by atomic mass is 79.9. The standard InChI is InChI=1S/C16H21BrN2O4S/c1-8(2)14(15(21)19-16(18)22)23-13(20)7-24-12-6-9(3)11(17)5-10(12)4/h5-6,8,14H,7H2,1-4H3,(H3,18,19,21,22)/t14-/m0/s1. The SMILES string of the molecule is Cc1cc(SCC(=O)O[C@H](C(=O)NC(N)=O)C(C)C)c(C)cc1Br. The number of urea groups is 1. The lowest BCUT2D eigenvalue weighted by Gasteiger charge is -2.19. The Morgan fingerprint density at radius 1 is 1.25 bits per heavy atom. The fraction of sp³-hybridized carbons (Fsp3) is 0.438. The average molecular weight is 417 g/mol. The van der Waals surface area contributed by atoms with Gasteiger partial charge in [0.05, 0.1) is 5.75 Å². The summed E-state index contributed by atoms with van der Waals surface area (Å²) in [6, 6.07) is 2.99. The van der Waals surface area contributed by atoms with Crippen molar-refractivity contribution in [1.29, 1.82) is 0 Å². The largest absolute Gasteiger partial charge is 0.451 e. The molecule has 0 aliphatic heterocycles. The number of carbonyl (C=O) groups is 3. The van der Waals surface area contributed by atoms with Gasteiger partial charge in [-0.3, -0.25) is 14.9 Å². The van der Waals surface area contributed by atoms with E-state index >= 15 is 0 Å². The number of imide groups is 1.